The molecule has 0 fully saturated rings. The number of benzodiazepines with no additional fused rings is 1. The van der Waals surface area contributed by atoms with Crippen LogP contribution in [0.4, 0.5) is 23.2 Å². The van der Waals surface area contributed by atoms with Crippen molar-refractivity contribution in [3.05, 3.63) is 111 Å². The normalized spacial score (nSPS) is 14.5. The van der Waals surface area contributed by atoms with Crippen molar-refractivity contribution in [1.29, 1.82) is 0 Å². The molecular weight excluding hydrogens is 641 g/mol. The van der Waals surface area contributed by atoms with Crippen LogP contribution in [-0.2, 0) is 17.6 Å². The van der Waals surface area contributed by atoms with Gasteiger partial charge in [0.25, 0.3) is 11.8 Å². The summed E-state index contributed by atoms with van der Waals surface area (Å²) in [6, 6.07) is 12.5. The number of carbonyl (C=O) groups excluding carboxylic acids is 2. The number of benzene rings is 2. The minimum absolute atomic E-state index is 0.168. The van der Waals surface area contributed by atoms with Gasteiger partial charge in [0.2, 0.25) is 12.0 Å². The fourth-order valence-corrected chi connectivity index (χ4v) is 4.90. The predicted octanol–water partition coefficient (Wildman–Crippen LogP) is 6.46. The summed E-state index contributed by atoms with van der Waals surface area (Å²) in [5.74, 6) is -2.67. The van der Waals surface area contributed by atoms with Gasteiger partial charge >= 0.3 is 6.18 Å². The third-order valence-corrected chi connectivity index (χ3v) is 6.84. The second-order valence-electron chi connectivity index (χ2n) is 9.43. The van der Waals surface area contributed by atoms with E-state index in [0.717, 1.165) is 30.6 Å². The van der Waals surface area contributed by atoms with Gasteiger partial charge in [0, 0.05) is 22.3 Å². The summed E-state index contributed by atoms with van der Waals surface area (Å²) in [6.07, 6.45) is -4.44. The van der Waals surface area contributed by atoms with E-state index in [1.54, 1.807) is 37.3 Å². The molecule has 2 amide bonds. The molecule has 4 aromatic rings. The number of nitrogens with zero attached hydrogens (tertiary/aromatic N) is 3. The standard InChI is InChI=1S/C30H21Cl2F4N5O4/c1-2-44-22-10-16(31)9-20(32)24(22)25-18-5-3-4-6-21(18)39-28(43)26(40-25)41-27(42)19-11-17(33)13-38-29(19)45-14-15-7-8-23(37-12-15)30(34,35)36/h3-13,26H,2,14H2,1H3,(H,39,43)(H,41,42). The van der Waals surface area contributed by atoms with Crippen molar-refractivity contribution in [2.45, 2.75) is 25.9 Å². The Kier molecular flexibility index (Phi) is 9.21. The molecule has 0 bridgehead atoms. The molecule has 5 rings (SSSR count). The average Bonchev–Trinajstić information content (AvgIpc) is 3.12. The Hall–Kier alpha value is -4.75. The van der Waals surface area contributed by atoms with E-state index in [4.69, 9.17) is 32.7 Å². The molecule has 232 valence electrons. The topological polar surface area (TPSA) is 115 Å². The molecule has 2 aromatic heterocycles. The van der Waals surface area contributed by atoms with Crippen LogP contribution in [-0.4, -0.2) is 40.3 Å². The average molecular weight is 662 g/mol. The Morgan fingerprint density at radius 3 is 2.53 bits per heavy atom. The lowest BCUT2D eigenvalue weighted by atomic mass is 9.99. The maximum absolute atomic E-state index is 14.2. The summed E-state index contributed by atoms with van der Waals surface area (Å²) >= 11 is 12.8. The number of anilines is 1. The first-order chi connectivity index (χ1) is 21.4. The monoisotopic (exact) mass is 661 g/mol. The van der Waals surface area contributed by atoms with Gasteiger partial charge in [0.1, 0.15) is 29.4 Å². The smallest absolute Gasteiger partial charge is 0.433 e. The van der Waals surface area contributed by atoms with Crippen LogP contribution in [0, 0.1) is 5.82 Å². The first-order valence-electron chi connectivity index (χ1n) is 13.2. The molecule has 1 atom stereocenters. The van der Waals surface area contributed by atoms with Gasteiger partial charge in [-0.15, -0.1) is 0 Å². The molecule has 2 aromatic carbocycles. The van der Waals surface area contributed by atoms with Gasteiger partial charge in [0.15, 0.2) is 0 Å². The van der Waals surface area contributed by atoms with E-state index < -0.39 is 41.2 Å². The van der Waals surface area contributed by atoms with E-state index in [-0.39, 0.29) is 41.1 Å². The largest absolute Gasteiger partial charge is 0.493 e. The maximum Gasteiger partial charge on any atom is 0.433 e. The Balaban J connectivity index is 1.47. The summed E-state index contributed by atoms with van der Waals surface area (Å²) in [6.45, 7) is 1.67. The second-order valence-corrected chi connectivity index (χ2v) is 10.3. The first kappa shape index (κ1) is 31.7. The molecule has 0 aliphatic carbocycles. The summed E-state index contributed by atoms with van der Waals surface area (Å²) < 4.78 is 64.1. The van der Waals surface area contributed by atoms with Gasteiger partial charge in [-0.25, -0.2) is 14.4 Å². The number of nitrogens with one attached hydrogen (secondary N) is 2. The number of hydrogen-bond donors (Lipinski definition) is 2. The number of amides is 2. The Morgan fingerprint density at radius 2 is 1.82 bits per heavy atom. The lowest BCUT2D eigenvalue weighted by Crippen LogP contribution is -2.42. The van der Waals surface area contributed by atoms with Crippen LogP contribution >= 0.6 is 23.2 Å². The predicted molar refractivity (Wildman–Crippen MR) is 157 cm³/mol. The maximum atomic E-state index is 14.2. The molecule has 0 spiro atoms. The molecule has 9 nitrogen and oxygen atoms in total. The molecule has 45 heavy (non-hydrogen) atoms. The van der Waals surface area contributed by atoms with E-state index in [0.29, 0.717) is 21.8 Å². The fraction of sp³-hybridized carbons (Fsp3) is 0.167. The van der Waals surface area contributed by atoms with E-state index in [1.165, 1.54) is 6.07 Å². The van der Waals surface area contributed by atoms with Crippen molar-refractivity contribution in [1.82, 2.24) is 15.3 Å². The van der Waals surface area contributed by atoms with Crippen LogP contribution in [0.3, 0.4) is 0 Å². The zero-order valence-electron chi connectivity index (χ0n) is 23.1. The third kappa shape index (κ3) is 7.15. The number of alkyl halides is 3. The van der Waals surface area contributed by atoms with Crippen LogP contribution in [0.1, 0.15) is 39.7 Å². The number of carbonyl (C=O) groups is 2. The molecule has 2 N–H and O–H groups in total. The van der Waals surface area contributed by atoms with Crippen LogP contribution in [0.2, 0.25) is 10.0 Å². The SMILES string of the molecule is CCOc1cc(Cl)cc(Cl)c1C1=NC(NC(=O)c2cc(F)cnc2OCc2ccc(C(F)(F)F)nc2)C(=O)Nc2ccccc21. The molecule has 0 saturated carbocycles. The Bertz CT molecular complexity index is 1800. The van der Waals surface area contributed by atoms with Crippen LogP contribution in [0.25, 0.3) is 0 Å². The van der Waals surface area contributed by atoms with Crippen molar-refractivity contribution >= 4 is 46.4 Å². The highest BCUT2D eigenvalue weighted by molar-refractivity contribution is 6.39. The zero-order chi connectivity index (χ0) is 32.3. The van der Waals surface area contributed by atoms with Crippen LogP contribution in [0.15, 0.2) is 72.0 Å². The molecule has 1 aliphatic heterocycles. The minimum Gasteiger partial charge on any atom is -0.493 e. The van der Waals surface area contributed by atoms with E-state index in [1.807, 2.05) is 0 Å². The number of pyridine rings is 2. The van der Waals surface area contributed by atoms with E-state index in [9.17, 15) is 27.2 Å². The third-order valence-electron chi connectivity index (χ3n) is 6.32. The van der Waals surface area contributed by atoms with Gasteiger partial charge in [-0.2, -0.15) is 13.2 Å². The number of aromatic nitrogens is 2. The summed E-state index contributed by atoms with van der Waals surface area (Å²) in [5.41, 5.74) is 0.0719. The van der Waals surface area contributed by atoms with Crippen molar-refractivity contribution in [2.24, 2.45) is 4.99 Å². The number of rotatable bonds is 8. The fourth-order valence-electron chi connectivity index (χ4n) is 4.34. The molecule has 0 saturated heterocycles. The van der Waals surface area contributed by atoms with Crippen LogP contribution in [0.5, 0.6) is 11.6 Å². The number of aliphatic imine (C=N–C) groups is 1. The molecule has 1 aliphatic rings. The zero-order valence-corrected chi connectivity index (χ0v) is 24.6. The highest BCUT2D eigenvalue weighted by atomic mass is 35.5. The summed E-state index contributed by atoms with van der Waals surface area (Å²) in [5, 5.41) is 5.64. The molecule has 15 heteroatoms. The number of para-hydroxylation sites is 1. The summed E-state index contributed by atoms with van der Waals surface area (Å²) in [4.78, 5) is 38.5. The number of halogens is 6. The highest BCUT2D eigenvalue weighted by Crippen LogP contribution is 2.36. The van der Waals surface area contributed by atoms with Gasteiger partial charge in [0.05, 0.1) is 34.8 Å². The number of fused-ring (bicyclic) bond motifs is 1. The van der Waals surface area contributed by atoms with Gasteiger partial charge < -0.3 is 20.1 Å². The quantitative estimate of drug-likeness (QED) is 0.209. The first-order valence-corrected chi connectivity index (χ1v) is 13.9. The van der Waals surface area contributed by atoms with Crippen molar-refractivity contribution < 1.29 is 36.6 Å². The number of hydrogen-bond acceptors (Lipinski definition) is 7. The van der Waals surface area contributed by atoms with Crippen molar-refractivity contribution in [2.75, 3.05) is 11.9 Å². The van der Waals surface area contributed by atoms with E-state index >= 15 is 0 Å². The highest BCUT2D eigenvalue weighted by Gasteiger charge is 2.33. The number of ether oxygens (including phenoxy) is 2. The minimum atomic E-state index is -4.62. The van der Waals surface area contributed by atoms with Gasteiger partial charge in [-0.3, -0.25) is 14.6 Å². The van der Waals surface area contributed by atoms with Crippen LogP contribution < -0.4 is 20.1 Å². The molecule has 0 radical (unpaired) electrons. The van der Waals surface area contributed by atoms with Crippen molar-refractivity contribution in [3.8, 4) is 11.6 Å². The van der Waals surface area contributed by atoms with E-state index in [2.05, 4.69) is 25.6 Å². The molecule has 1 unspecified atom stereocenters. The second kappa shape index (κ2) is 13.1. The summed E-state index contributed by atoms with van der Waals surface area (Å²) in [7, 11) is 0. The lowest BCUT2D eigenvalue weighted by Gasteiger charge is -2.17. The Morgan fingerprint density at radius 1 is 1.04 bits per heavy atom. The Labute approximate surface area is 263 Å². The molecular formula is C30H21Cl2F4N5O4. The molecule has 3 heterocycles. The van der Waals surface area contributed by atoms with Gasteiger partial charge in [-0.05, 0) is 37.3 Å². The van der Waals surface area contributed by atoms with Gasteiger partial charge in [-0.1, -0.05) is 47.5 Å². The lowest BCUT2D eigenvalue weighted by molar-refractivity contribution is -0.141. The van der Waals surface area contributed by atoms with Crippen molar-refractivity contribution in [3.63, 3.8) is 0 Å².